The number of anilines is 1. The van der Waals surface area contributed by atoms with Gasteiger partial charge in [0.05, 0.1) is 65.2 Å². The van der Waals surface area contributed by atoms with E-state index in [0.717, 1.165) is 186 Å². The number of unbranched alkanes of at least 4 members (excludes halogenated alkanes) is 3. The number of hydrogen-bond donors (Lipinski definition) is 6. The van der Waals surface area contributed by atoms with Crippen LogP contribution in [-0.4, -0.2) is 292 Å². The fourth-order valence-corrected chi connectivity index (χ4v) is 15.3. The number of nitrogens with one attached hydrogen (secondary N) is 6. The number of carbonyl (C=O) groups is 10. The Morgan fingerprint density at radius 3 is 1.26 bits per heavy atom. The molecule has 0 unspecified atom stereocenters. The number of esters is 5. The largest absolute Gasteiger partial charge is 0.462 e. The number of aryl methyl sites for hydroxylation is 5. The Bertz CT molecular complexity index is 4920. The van der Waals surface area contributed by atoms with Crippen LogP contribution in [0.3, 0.4) is 0 Å². The maximum Gasteiger partial charge on any atom is 0.355 e. The molecule has 1 aromatic carbocycles. The molecule has 0 fully saturated rings. The third-order valence-electron chi connectivity index (χ3n) is 20.8. The average Bonchev–Trinajstić information content (AvgIpc) is 1.64. The summed E-state index contributed by atoms with van der Waals surface area (Å²) < 4.78 is 53.3. The van der Waals surface area contributed by atoms with Gasteiger partial charge in [-0.3, -0.25) is 28.2 Å². The molecular formula is C92H138ClN13O18S. The normalized spacial score (nSPS) is 14.4. The van der Waals surface area contributed by atoms with E-state index in [1.54, 1.807) is 66.7 Å². The van der Waals surface area contributed by atoms with Crippen LogP contribution < -0.4 is 5.32 Å². The molecule has 0 aliphatic carbocycles. The molecule has 0 spiro atoms. The van der Waals surface area contributed by atoms with E-state index >= 15 is 0 Å². The second-order valence-electron chi connectivity index (χ2n) is 35.9. The van der Waals surface area contributed by atoms with E-state index in [0.29, 0.717) is 106 Å². The van der Waals surface area contributed by atoms with Crippen molar-refractivity contribution in [3.05, 3.63) is 141 Å². The number of ether oxygens (including phenoxy) is 5. The summed E-state index contributed by atoms with van der Waals surface area (Å²) in [6, 6.07) is 5.35. The lowest BCUT2D eigenvalue weighted by Crippen LogP contribution is -2.36. The molecular weight excluding hydrogens is 1640 g/mol. The van der Waals surface area contributed by atoms with E-state index in [1.165, 1.54) is 0 Å². The molecule has 4 amide bonds. The number of rotatable bonds is 30. The van der Waals surface area contributed by atoms with E-state index in [-0.39, 0.29) is 54.1 Å². The monoisotopic (exact) mass is 1780 g/mol. The highest BCUT2D eigenvalue weighted by atomic mass is 35.5. The summed E-state index contributed by atoms with van der Waals surface area (Å²) in [5, 5.41) is 3.45. The first kappa shape index (κ1) is 104. The number of hydrogen-bond acceptors (Lipinski definition) is 22. The van der Waals surface area contributed by atoms with Crippen LogP contribution >= 0.6 is 11.6 Å². The van der Waals surface area contributed by atoms with Crippen LogP contribution in [0.15, 0.2) is 18.2 Å². The fourth-order valence-electron chi connectivity index (χ4n) is 14.7. The number of halogens is 1. The summed E-state index contributed by atoms with van der Waals surface area (Å²) in [7, 11) is 12.6. The van der Waals surface area contributed by atoms with Gasteiger partial charge in [-0.2, -0.15) is 8.42 Å². The Morgan fingerprint density at radius 2 is 0.864 bits per heavy atom. The van der Waals surface area contributed by atoms with E-state index < -0.39 is 50.8 Å². The molecule has 4 aliphatic rings. The molecule has 0 saturated heterocycles. The third kappa shape index (κ3) is 30.8. The molecule has 0 bridgehead atoms. The van der Waals surface area contributed by atoms with Gasteiger partial charge < -0.3 is 88.2 Å². The second kappa shape index (κ2) is 46.7. The number of aromatic nitrogens is 5. The van der Waals surface area contributed by atoms with Crippen LogP contribution in [0, 0.1) is 34.6 Å². The van der Waals surface area contributed by atoms with Crippen molar-refractivity contribution in [1.29, 1.82) is 0 Å². The summed E-state index contributed by atoms with van der Waals surface area (Å²) in [6.45, 7) is 37.2. The Morgan fingerprint density at radius 1 is 0.488 bits per heavy atom. The molecule has 0 saturated carbocycles. The van der Waals surface area contributed by atoms with Crippen LogP contribution in [0.1, 0.15) is 289 Å². The van der Waals surface area contributed by atoms with Gasteiger partial charge in [0.1, 0.15) is 33.9 Å². The van der Waals surface area contributed by atoms with Crippen LogP contribution in [0.5, 0.6) is 0 Å². The van der Waals surface area contributed by atoms with Gasteiger partial charge in [0, 0.05) is 109 Å². The van der Waals surface area contributed by atoms with Crippen LogP contribution in [-0.2, 0) is 74.9 Å². The summed E-state index contributed by atoms with van der Waals surface area (Å²) in [4.78, 5) is 154. The zero-order valence-corrected chi connectivity index (χ0v) is 80.1. The highest BCUT2D eigenvalue weighted by Crippen LogP contribution is 2.37. The average molecular weight is 1780 g/mol. The van der Waals surface area contributed by atoms with Gasteiger partial charge in [-0.15, -0.1) is 0 Å². The first-order valence-corrected chi connectivity index (χ1v) is 45.3. The SMILES string of the molecule is CCOC(=O)c1c(CCCCCCN(C)C)[nH]c(C(=O)OC(C)(C)C)c1C.CCOC(=O)c1c(CCCOS(C)(=O)=O)[nH]c(C(=O)OC(C)(C)C)c1C.Cc1c(/C=C2\C(=O)Nc3ccc(Cl)cc32)[nH]c2c1C(=O)N(CCN(C)C)CCC2.Cc1c(C(=O)OC(C)(C)C)[nH]c2c1C(=O)N(CCN(C)C)CCC2.Cc1c(C=O)[nH]c2c1C(=O)N(CCN(C)C)CCC2. The van der Waals surface area contributed by atoms with Gasteiger partial charge in [-0.1, -0.05) is 24.4 Å². The molecule has 5 aromatic heterocycles. The Kier molecular flexibility index (Phi) is 38.9. The predicted octanol–water partition coefficient (Wildman–Crippen LogP) is 13.2. The van der Waals surface area contributed by atoms with Gasteiger partial charge in [0.15, 0.2) is 6.29 Å². The van der Waals surface area contributed by atoms with Gasteiger partial charge in [0.25, 0.3) is 33.7 Å². The van der Waals surface area contributed by atoms with Crippen molar-refractivity contribution >= 4 is 98.8 Å². The van der Waals surface area contributed by atoms with Crippen molar-refractivity contribution in [3.63, 3.8) is 0 Å². The number of aromatic amines is 5. The number of benzene rings is 1. The van der Waals surface area contributed by atoms with Crippen molar-refractivity contribution in [2.24, 2.45) is 0 Å². The number of H-pyrrole nitrogens is 5. The zero-order valence-electron chi connectivity index (χ0n) is 78.5. The minimum absolute atomic E-state index is 0.00732. The van der Waals surface area contributed by atoms with Crippen LogP contribution in [0.25, 0.3) is 11.6 Å². The van der Waals surface area contributed by atoms with E-state index in [2.05, 4.69) is 63.9 Å². The van der Waals surface area contributed by atoms with Gasteiger partial charge in [0.2, 0.25) is 0 Å². The van der Waals surface area contributed by atoms with Crippen LogP contribution in [0.2, 0.25) is 5.02 Å². The minimum Gasteiger partial charge on any atom is -0.462 e. The molecule has 31 nitrogen and oxygen atoms in total. The van der Waals surface area contributed by atoms with Gasteiger partial charge in [-0.25, -0.2) is 24.0 Å². The molecule has 9 heterocycles. The second-order valence-corrected chi connectivity index (χ2v) is 38.0. The standard InChI is InChI=1S/C22H25ClN4O2.C21H36N2O4.C18H29N3O3.C17H27NO7S.C14H21N3O2/c1-13-19(12-16-15-11-14(23)6-7-17(15)25-21(16)28)24-18-5-4-8-27(10-9-26(2)3)22(29)20(13)18;1-8-26-19(24)17-15(2)18(20(25)27-21(3,4)5)22-16(17)13-11-9-10-12-14-23(6)7;1-12-14-13(19-15(12)17(23)24-18(2,3)4)8-7-9-21(16(14)22)11-10-20(5)6;1-7-23-15(19)13-11(2)14(16(20)25-17(3,4)5)18-12(13)9-8-10-24-26(6,21)22;1-10-12(9-18)15-11-5-4-6-17(8-7-16(2)3)14(19)13(10)11/h6-7,11-12,24H,4-5,8-10H2,1-3H3,(H,25,28);22H,8-14H2,1-7H3;19H,7-11H2,1-6H3;18H,7-10H2,1-6H3;9,15H,4-8H2,1-3H3/b16-12-;;;;. The summed E-state index contributed by atoms with van der Waals surface area (Å²) in [5.41, 5.74) is 12.7. The number of aldehydes is 1. The number of likely N-dealkylation sites (N-methyl/N-ethyl adjacent to an activating group) is 3. The number of carbonyl (C=O) groups excluding carboxylic acids is 10. The topological polar surface area (TPSA) is 374 Å². The van der Waals surface area contributed by atoms with Crippen molar-refractivity contribution in [2.45, 2.75) is 211 Å². The third-order valence-corrected chi connectivity index (χ3v) is 21.7. The summed E-state index contributed by atoms with van der Waals surface area (Å²) >= 11 is 6.13. The van der Waals surface area contributed by atoms with Crippen molar-refractivity contribution in [1.82, 2.24) is 59.2 Å². The van der Waals surface area contributed by atoms with E-state index in [9.17, 15) is 56.4 Å². The molecule has 692 valence electrons. The van der Waals surface area contributed by atoms with Crippen molar-refractivity contribution in [2.75, 3.05) is 153 Å². The van der Waals surface area contributed by atoms with E-state index in [4.69, 9.17) is 39.5 Å². The predicted molar refractivity (Wildman–Crippen MR) is 487 cm³/mol. The van der Waals surface area contributed by atoms with Crippen LogP contribution in [0.4, 0.5) is 5.69 Å². The van der Waals surface area contributed by atoms with E-state index in [1.807, 2.05) is 125 Å². The Balaban J connectivity index is 0.000000243. The molecule has 0 radical (unpaired) electrons. The molecule has 33 heteroatoms. The Labute approximate surface area is 743 Å². The van der Waals surface area contributed by atoms with Crippen molar-refractivity contribution in [3.8, 4) is 0 Å². The first-order chi connectivity index (χ1) is 58.4. The smallest absolute Gasteiger partial charge is 0.355 e. The number of amides is 4. The lowest BCUT2D eigenvalue weighted by molar-refractivity contribution is -0.110. The molecule has 0 atom stereocenters. The van der Waals surface area contributed by atoms with Gasteiger partial charge in [-0.05, 0) is 296 Å². The highest BCUT2D eigenvalue weighted by molar-refractivity contribution is 7.86. The molecule has 10 rings (SSSR count). The summed E-state index contributed by atoms with van der Waals surface area (Å²) in [6.07, 6.45) is 14.4. The Hall–Kier alpha value is -9.70. The van der Waals surface area contributed by atoms with Gasteiger partial charge >= 0.3 is 29.8 Å². The molecule has 6 aromatic rings. The lowest BCUT2D eigenvalue weighted by atomic mass is 10.0. The minimum atomic E-state index is -3.53. The zero-order chi connectivity index (χ0) is 93.5. The first-order valence-electron chi connectivity index (χ1n) is 43.1. The summed E-state index contributed by atoms with van der Waals surface area (Å²) in [5.74, 6) is -2.38. The molecule has 125 heavy (non-hydrogen) atoms. The quantitative estimate of drug-likeness (QED) is 0.00609. The number of fused-ring (bicyclic) bond motifs is 4. The maximum absolute atomic E-state index is 13.2. The van der Waals surface area contributed by atoms with Crippen molar-refractivity contribution < 1.29 is 84.2 Å². The molecule has 4 aliphatic heterocycles. The molecule has 6 N–H and O–H groups in total. The maximum atomic E-state index is 13.2. The fraction of sp³-hybridized carbons (Fsp3) is 0.587. The number of nitrogens with zero attached hydrogens (tertiary/aromatic N) is 7. The lowest BCUT2D eigenvalue weighted by Gasteiger charge is -2.23. The highest BCUT2D eigenvalue weighted by Gasteiger charge is 2.36.